The second-order valence-corrected chi connectivity index (χ2v) is 8.24. The summed E-state index contributed by atoms with van der Waals surface area (Å²) < 4.78 is 5.18. The van der Waals surface area contributed by atoms with E-state index in [-0.39, 0.29) is 40.2 Å². The summed E-state index contributed by atoms with van der Waals surface area (Å²) in [5, 5.41) is 13.3. The summed E-state index contributed by atoms with van der Waals surface area (Å²) in [5.74, 6) is -0.914. The zero-order valence-corrected chi connectivity index (χ0v) is 18.4. The highest BCUT2D eigenvalue weighted by Crippen LogP contribution is 2.36. The Morgan fingerprint density at radius 3 is 2.67 bits per heavy atom. The third-order valence-electron chi connectivity index (χ3n) is 3.86. The number of anilines is 1. The van der Waals surface area contributed by atoms with Gasteiger partial charge in [0.2, 0.25) is 5.91 Å². The third-order valence-corrected chi connectivity index (χ3v) is 5.87. The Morgan fingerprint density at radius 1 is 1.27 bits per heavy atom. The van der Waals surface area contributed by atoms with Gasteiger partial charge in [-0.15, -0.1) is 21.5 Å². The number of nitrogens with one attached hydrogen (secondary N) is 2. The quantitative estimate of drug-likeness (QED) is 0.404. The van der Waals surface area contributed by atoms with Crippen molar-refractivity contribution < 1.29 is 14.3 Å². The second kappa shape index (κ2) is 9.88. The van der Waals surface area contributed by atoms with Crippen molar-refractivity contribution in [2.24, 2.45) is 0 Å². The standard InChI is InChI=1S/C19H17ClN4O4S2/c1-3-28-18(27)15-13(11-4-6-12(20)7-5-11)8-29-17(15)21-14(25)9-30-19-22-16(26)10(2)23-24-19/h4-8H,3,9H2,1-2H3,(H,21,25)(H,22,24,26). The maximum absolute atomic E-state index is 12.6. The number of benzene rings is 1. The van der Waals surface area contributed by atoms with E-state index in [9.17, 15) is 14.4 Å². The molecular formula is C19H17ClN4O4S2. The summed E-state index contributed by atoms with van der Waals surface area (Å²) in [6.07, 6.45) is 0. The van der Waals surface area contributed by atoms with Crippen molar-refractivity contribution in [3.8, 4) is 11.1 Å². The van der Waals surface area contributed by atoms with Gasteiger partial charge in [0.25, 0.3) is 5.56 Å². The van der Waals surface area contributed by atoms with Crippen LogP contribution in [0.5, 0.6) is 0 Å². The van der Waals surface area contributed by atoms with Crippen LogP contribution in [0.25, 0.3) is 11.1 Å². The van der Waals surface area contributed by atoms with E-state index in [1.807, 2.05) is 0 Å². The molecule has 0 saturated carbocycles. The van der Waals surface area contributed by atoms with Crippen molar-refractivity contribution in [2.75, 3.05) is 17.7 Å². The van der Waals surface area contributed by atoms with Crippen molar-refractivity contribution in [1.29, 1.82) is 0 Å². The molecule has 0 aliphatic heterocycles. The van der Waals surface area contributed by atoms with Gasteiger partial charge < -0.3 is 10.1 Å². The first kappa shape index (κ1) is 22.0. The van der Waals surface area contributed by atoms with Crippen LogP contribution in [0.4, 0.5) is 5.00 Å². The molecule has 0 atom stereocenters. The van der Waals surface area contributed by atoms with Crippen molar-refractivity contribution in [1.82, 2.24) is 15.2 Å². The number of nitrogens with zero attached hydrogens (tertiary/aromatic N) is 2. The van der Waals surface area contributed by atoms with E-state index in [0.717, 1.165) is 17.3 Å². The smallest absolute Gasteiger partial charge is 0.341 e. The van der Waals surface area contributed by atoms with E-state index in [4.69, 9.17) is 16.3 Å². The molecule has 3 aromatic rings. The molecule has 0 aliphatic carbocycles. The lowest BCUT2D eigenvalue weighted by molar-refractivity contribution is -0.113. The Morgan fingerprint density at radius 2 is 2.00 bits per heavy atom. The van der Waals surface area contributed by atoms with Gasteiger partial charge in [-0.25, -0.2) is 4.79 Å². The summed E-state index contributed by atoms with van der Waals surface area (Å²) in [7, 11) is 0. The monoisotopic (exact) mass is 464 g/mol. The summed E-state index contributed by atoms with van der Waals surface area (Å²) in [6, 6.07) is 7.03. The lowest BCUT2D eigenvalue weighted by Crippen LogP contribution is -2.18. The van der Waals surface area contributed by atoms with Gasteiger partial charge in [0, 0.05) is 16.0 Å². The van der Waals surface area contributed by atoms with Gasteiger partial charge in [-0.2, -0.15) is 0 Å². The number of aromatic nitrogens is 3. The lowest BCUT2D eigenvalue weighted by Gasteiger charge is -2.09. The molecule has 156 valence electrons. The number of aromatic amines is 1. The first-order chi connectivity index (χ1) is 14.4. The number of carbonyl (C=O) groups excluding carboxylic acids is 2. The highest BCUT2D eigenvalue weighted by molar-refractivity contribution is 7.99. The predicted molar refractivity (Wildman–Crippen MR) is 117 cm³/mol. The zero-order valence-electron chi connectivity index (χ0n) is 16.0. The molecule has 0 fully saturated rings. The fraction of sp³-hybridized carbons (Fsp3) is 0.211. The number of carbonyl (C=O) groups is 2. The first-order valence-electron chi connectivity index (χ1n) is 8.79. The maximum Gasteiger partial charge on any atom is 0.341 e. The number of amides is 1. The van der Waals surface area contributed by atoms with Crippen molar-refractivity contribution in [3.63, 3.8) is 0 Å². The molecule has 3 rings (SSSR count). The molecule has 2 aromatic heterocycles. The molecule has 1 aromatic carbocycles. The predicted octanol–water partition coefficient (Wildman–Crippen LogP) is 3.76. The normalized spacial score (nSPS) is 10.6. The maximum atomic E-state index is 12.6. The minimum absolute atomic E-state index is 0.0237. The molecule has 2 N–H and O–H groups in total. The minimum Gasteiger partial charge on any atom is -0.462 e. The molecule has 0 unspecified atom stereocenters. The third kappa shape index (κ3) is 5.26. The van der Waals surface area contributed by atoms with Crippen LogP contribution in [0.1, 0.15) is 23.0 Å². The summed E-state index contributed by atoms with van der Waals surface area (Å²) >= 11 is 8.20. The van der Waals surface area contributed by atoms with Crippen molar-refractivity contribution in [2.45, 2.75) is 19.0 Å². The highest BCUT2D eigenvalue weighted by Gasteiger charge is 2.23. The highest BCUT2D eigenvalue weighted by atomic mass is 35.5. The Hall–Kier alpha value is -2.69. The van der Waals surface area contributed by atoms with E-state index in [2.05, 4.69) is 20.5 Å². The molecule has 0 aliphatic rings. The average Bonchev–Trinajstić information content (AvgIpc) is 3.13. The molecule has 2 heterocycles. The summed E-state index contributed by atoms with van der Waals surface area (Å²) in [4.78, 5) is 39.1. The Bertz CT molecular complexity index is 1130. The Balaban J connectivity index is 1.79. The lowest BCUT2D eigenvalue weighted by atomic mass is 10.0. The van der Waals surface area contributed by atoms with Gasteiger partial charge in [0.1, 0.15) is 16.3 Å². The van der Waals surface area contributed by atoms with Crippen LogP contribution in [-0.4, -0.2) is 39.4 Å². The molecule has 8 nitrogen and oxygen atoms in total. The number of H-pyrrole nitrogens is 1. The summed E-state index contributed by atoms with van der Waals surface area (Å²) in [5.41, 5.74) is 1.60. The summed E-state index contributed by atoms with van der Waals surface area (Å²) in [6.45, 7) is 3.46. The minimum atomic E-state index is -0.527. The number of hydrogen-bond donors (Lipinski definition) is 2. The van der Waals surface area contributed by atoms with E-state index in [0.29, 0.717) is 15.6 Å². The number of ether oxygens (including phenoxy) is 1. The van der Waals surface area contributed by atoms with Crippen molar-refractivity contribution in [3.05, 3.63) is 56.3 Å². The number of halogens is 1. The fourth-order valence-electron chi connectivity index (χ4n) is 2.44. The van der Waals surface area contributed by atoms with Crippen LogP contribution >= 0.6 is 34.7 Å². The number of esters is 1. The molecule has 0 saturated heterocycles. The van der Waals surface area contributed by atoms with Crippen LogP contribution in [0, 0.1) is 6.92 Å². The second-order valence-electron chi connectivity index (χ2n) is 5.96. The van der Waals surface area contributed by atoms with Gasteiger partial charge in [0.15, 0.2) is 5.16 Å². The van der Waals surface area contributed by atoms with E-state index < -0.39 is 5.97 Å². The largest absolute Gasteiger partial charge is 0.462 e. The Kier molecular flexibility index (Phi) is 7.24. The van der Waals surface area contributed by atoms with Gasteiger partial charge in [-0.05, 0) is 31.5 Å². The van der Waals surface area contributed by atoms with Crippen LogP contribution in [-0.2, 0) is 9.53 Å². The number of hydrogen-bond acceptors (Lipinski definition) is 8. The van der Waals surface area contributed by atoms with Gasteiger partial charge >= 0.3 is 5.97 Å². The SMILES string of the molecule is CCOC(=O)c1c(-c2ccc(Cl)cc2)csc1NC(=O)CSc1nnc(C)c(=O)[nH]1. The molecule has 30 heavy (non-hydrogen) atoms. The van der Waals surface area contributed by atoms with Crippen LogP contribution in [0.3, 0.4) is 0 Å². The molecule has 0 spiro atoms. The number of thiophene rings is 1. The molecule has 0 bridgehead atoms. The Labute approximate surface area is 185 Å². The number of aryl methyl sites for hydroxylation is 1. The van der Waals surface area contributed by atoms with Gasteiger partial charge in [-0.1, -0.05) is 35.5 Å². The van der Waals surface area contributed by atoms with Gasteiger partial charge in [-0.3, -0.25) is 14.6 Å². The number of rotatable bonds is 7. The van der Waals surface area contributed by atoms with Crippen LogP contribution in [0.2, 0.25) is 5.02 Å². The van der Waals surface area contributed by atoms with E-state index in [1.165, 1.54) is 11.3 Å². The van der Waals surface area contributed by atoms with E-state index in [1.54, 1.807) is 43.5 Å². The molecular weight excluding hydrogens is 448 g/mol. The first-order valence-corrected chi connectivity index (χ1v) is 11.0. The molecule has 11 heteroatoms. The topological polar surface area (TPSA) is 114 Å². The zero-order chi connectivity index (χ0) is 21.7. The molecule has 1 amide bonds. The van der Waals surface area contributed by atoms with Crippen LogP contribution in [0.15, 0.2) is 39.6 Å². The van der Waals surface area contributed by atoms with Crippen molar-refractivity contribution >= 4 is 51.6 Å². The fourth-order valence-corrected chi connectivity index (χ4v) is 4.14. The van der Waals surface area contributed by atoms with E-state index >= 15 is 0 Å². The number of thioether (sulfide) groups is 1. The van der Waals surface area contributed by atoms with Crippen LogP contribution < -0.4 is 10.9 Å². The average molecular weight is 465 g/mol. The molecule has 0 radical (unpaired) electrons. The van der Waals surface area contributed by atoms with Gasteiger partial charge in [0.05, 0.1) is 12.4 Å².